The van der Waals surface area contributed by atoms with Gasteiger partial charge in [-0.1, -0.05) is 42.5 Å². The molecule has 1 heterocycles. The van der Waals surface area contributed by atoms with Gasteiger partial charge < -0.3 is 14.2 Å². The van der Waals surface area contributed by atoms with E-state index in [1.807, 2.05) is 42.5 Å². The van der Waals surface area contributed by atoms with Gasteiger partial charge in [-0.05, 0) is 12.1 Å². The molecule has 1 aliphatic rings. The maximum Gasteiger partial charge on any atom is 0.247 e. The van der Waals surface area contributed by atoms with Crippen LogP contribution in [-0.4, -0.2) is 30.5 Å². The number of hydrogen-bond donors (Lipinski definition) is 0. The van der Waals surface area contributed by atoms with E-state index in [4.69, 9.17) is 14.2 Å². The molecule has 1 atom stereocenters. The summed E-state index contributed by atoms with van der Waals surface area (Å²) in [5, 5.41) is 5.54. The van der Waals surface area contributed by atoms with E-state index >= 15 is 0 Å². The Bertz CT molecular complexity index is 746. The molecule has 0 aliphatic carbocycles. The second-order valence-corrected chi connectivity index (χ2v) is 5.18. The molecule has 0 aromatic heterocycles. The molecular weight excluding hydrogens is 308 g/mol. The number of methoxy groups -OCH3 is 1. The first-order valence-electron chi connectivity index (χ1n) is 7.53. The van der Waals surface area contributed by atoms with Crippen LogP contribution in [0, 0.1) is 0 Å². The van der Waals surface area contributed by atoms with Gasteiger partial charge in [0.25, 0.3) is 0 Å². The van der Waals surface area contributed by atoms with Crippen LogP contribution in [-0.2, 0) is 9.53 Å². The van der Waals surface area contributed by atoms with Crippen LogP contribution in [0.25, 0.3) is 0 Å². The number of hydrazone groups is 1. The van der Waals surface area contributed by atoms with E-state index in [0.29, 0.717) is 17.4 Å². The molecule has 0 fully saturated rings. The molecule has 0 N–H and O–H groups in total. The third-order valence-electron chi connectivity index (χ3n) is 3.52. The first-order valence-corrected chi connectivity index (χ1v) is 7.53. The molecule has 124 valence electrons. The first-order chi connectivity index (χ1) is 11.7. The predicted molar refractivity (Wildman–Crippen MR) is 88.7 cm³/mol. The highest BCUT2D eigenvalue weighted by Crippen LogP contribution is 2.29. The van der Waals surface area contributed by atoms with Crippen molar-refractivity contribution in [3.63, 3.8) is 0 Å². The van der Waals surface area contributed by atoms with Gasteiger partial charge in [0, 0.05) is 12.5 Å². The summed E-state index contributed by atoms with van der Waals surface area (Å²) in [5.74, 6) is 1.35. The van der Waals surface area contributed by atoms with Gasteiger partial charge in [0.2, 0.25) is 18.0 Å². The van der Waals surface area contributed by atoms with E-state index in [0.717, 1.165) is 5.56 Å². The SMILES string of the molecule is COc1ccccc1OCC1=NN(C(C)=O)[C@@H](c2ccccc2)O1. The van der Waals surface area contributed by atoms with Crippen LogP contribution in [0.2, 0.25) is 0 Å². The minimum absolute atomic E-state index is 0.105. The number of amides is 1. The molecule has 2 aromatic carbocycles. The third-order valence-corrected chi connectivity index (χ3v) is 3.52. The number of para-hydroxylation sites is 2. The molecule has 24 heavy (non-hydrogen) atoms. The van der Waals surface area contributed by atoms with E-state index in [2.05, 4.69) is 5.10 Å². The maximum absolute atomic E-state index is 11.8. The van der Waals surface area contributed by atoms with Crippen LogP contribution >= 0.6 is 0 Å². The van der Waals surface area contributed by atoms with E-state index < -0.39 is 6.23 Å². The summed E-state index contributed by atoms with van der Waals surface area (Å²) in [4.78, 5) is 11.8. The van der Waals surface area contributed by atoms with Crippen LogP contribution in [0.1, 0.15) is 18.7 Å². The molecule has 0 unspecified atom stereocenters. The average molecular weight is 326 g/mol. The Balaban J connectivity index is 1.73. The molecule has 0 bridgehead atoms. The van der Waals surface area contributed by atoms with Crippen LogP contribution in [0.15, 0.2) is 59.7 Å². The first kappa shape index (κ1) is 15.9. The van der Waals surface area contributed by atoms with Gasteiger partial charge in [-0.15, -0.1) is 5.10 Å². The summed E-state index contributed by atoms with van der Waals surface area (Å²) in [5.41, 5.74) is 0.851. The third kappa shape index (κ3) is 3.32. The second-order valence-electron chi connectivity index (χ2n) is 5.18. The minimum Gasteiger partial charge on any atom is -0.493 e. The van der Waals surface area contributed by atoms with Crippen molar-refractivity contribution in [2.24, 2.45) is 5.10 Å². The molecule has 1 aliphatic heterocycles. The zero-order chi connectivity index (χ0) is 16.9. The number of carbonyl (C=O) groups is 1. The molecule has 0 saturated carbocycles. The van der Waals surface area contributed by atoms with Crippen molar-refractivity contribution < 1.29 is 19.0 Å². The predicted octanol–water partition coefficient (Wildman–Crippen LogP) is 2.97. The van der Waals surface area contributed by atoms with Crippen LogP contribution in [0.5, 0.6) is 11.5 Å². The molecule has 6 heteroatoms. The van der Waals surface area contributed by atoms with Crippen LogP contribution in [0.3, 0.4) is 0 Å². The number of nitrogens with zero attached hydrogens (tertiary/aromatic N) is 2. The lowest BCUT2D eigenvalue weighted by Gasteiger charge is -2.19. The van der Waals surface area contributed by atoms with E-state index in [1.165, 1.54) is 11.9 Å². The molecular formula is C18H18N2O4. The monoisotopic (exact) mass is 326 g/mol. The number of ether oxygens (including phenoxy) is 3. The number of carbonyl (C=O) groups excluding carboxylic acids is 1. The minimum atomic E-state index is -0.569. The standard InChI is InChI=1S/C18H18N2O4/c1-13(21)20-18(14-8-4-3-5-9-14)24-17(19-20)12-23-16-11-7-6-10-15(16)22-2/h3-11,18H,12H2,1-2H3/t18-/m1/s1. The normalized spacial score (nSPS) is 16.3. The summed E-state index contributed by atoms with van der Waals surface area (Å²) in [7, 11) is 1.58. The Morgan fingerprint density at radius 1 is 1.12 bits per heavy atom. The summed E-state index contributed by atoms with van der Waals surface area (Å²) in [6.45, 7) is 1.56. The van der Waals surface area contributed by atoms with Gasteiger partial charge >= 0.3 is 0 Å². The average Bonchev–Trinajstić information content (AvgIpc) is 3.05. The lowest BCUT2D eigenvalue weighted by Crippen LogP contribution is -2.25. The fourth-order valence-electron chi connectivity index (χ4n) is 2.38. The van der Waals surface area contributed by atoms with E-state index in [-0.39, 0.29) is 12.5 Å². The van der Waals surface area contributed by atoms with Crippen molar-refractivity contribution in [1.29, 1.82) is 0 Å². The summed E-state index contributed by atoms with van der Waals surface area (Å²) < 4.78 is 16.8. The number of hydrogen-bond acceptors (Lipinski definition) is 5. The van der Waals surface area contributed by atoms with Gasteiger partial charge in [0.15, 0.2) is 18.1 Å². The highest BCUT2D eigenvalue weighted by Gasteiger charge is 2.32. The van der Waals surface area contributed by atoms with Crippen molar-refractivity contribution in [2.75, 3.05) is 13.7 Å². The zero-order valence-corrected chi connectivity index (χ0v) is 13.5. The number of benzene rings is 2. The van der Waals surface area contributed by atoms with Crippen molar-refractivity contribution >= 4 is 11.8 Å². The van der Waals surface area contributed by atoms with Gasteiger partial charge in [0.1, 0.15) is 0 Å². The molecule has 2 aromatic rings. The molecule has 0 radical (unpaired) electrons. The Kier molecular flexibility index (Phi) is 4.65. The van der Waals surface area contributed by atoms with Crippen molar-refractivity contribution in [3.8, 4) is 11.5 Å². The Morgan fingerprint density at radius 2 is 1.79 bits per heavy atom. The van der Waals surface area contributed by atoms with E-state index in [9.17, 15) is 4.79 Å². The van der Waals surface area contributed by atoms with E-state index in [1.54, 1.807) is 19.2 Å². The maximum atomic E-state index is 11.8. The fraction of sp³-hybridized carbons (Fsp3) is 0.222. The fourth-order valence-corrected chi connectivity index (χ4v) is 2.38. The number of rotatable bonds is 5. The van der Waals surface area contributed by atoms with Crippen molar-refractivity contribution in [1.82, 2.24) is 5.01 Å². The van der Waals surface area contributed by atoms with Crippen molar-refractivity contribution in [3.05, 3.63) is 60.2 Å². The van der Waals surface area contributed by atoms with Gasteiger partial charge in [-0.2, -0.15) is 5.01 Å². The Labute approximate surface area is 140 Å². The van der Waals surface area contributed by atoms with Crippen molar-refractivity contribution in [2.45, 2.75) is 13.2 Å². The lowest BCUT2D eigenvalue weighted by molar-refractivity contribution is -0.135. The van der Waals surface area contributed by atoms with Gasteiger partial charge in [0.05, 0.1) is 7.11 Å². The Morgan fingerprint density at radius 3 is 2.46 bits per heavy atom. The topological polar surface area (TPSA) is 60.4 Å². The summed E-state index contributed by atoms with van der Waals surface area (Å²) in [6.07, 6.45) is -0.569. The Hall–Kier alpha value is -3.02. The smallest absolute Gasteiger partial charge is 0.247 e. The highest BCUT2D eigenvalue weighted by molar-refractivity contribution is 5.83. The second kappa shape index (κ2) is 7.04. The molecule has 6 nitrogen and oxygen atoms in total. The van der Waals surface area contributed by atoms with Gasteiger partial charge in [-0.25, -0.2) is 0 Å². The lowest BCUT2D eigenvalue weighted by atomic mass is 10.2. The molecule has 1 amide bonds. The summed E-state index contributed by atoms with van der Waals surface area (Å²) in [6, 6.07) is 16.8. The quantitative estimate of drug-likeness (QED) is 0.847. The van der Waals surface area contributed by atoms with Crippen LogP contribution in [0.4, 0.5) is 0 Å². The largest absolute Gasteiger partial charge is 0.493 e. The molecule has 0 saturated heterocycles. The summed E-state index contributed by atoms with van der Waals surface area (Å²) >= 11 is 0. The van der Waals surface area contributed by atoms with Crippen LogP contribution < -0.4 is 9.47 Å². The molecule has 3 rings (SSSR count). The highest BCUT2D eigenvalue weighted by atomic mass is 16.6. The zero-order valence-electron chi connectivity index (χ0n) is 13.5. The van der Waals surface area contributed by atoms with Gasteiger partial charge in [-0.3, -0.25) is 4.79 Å². The molecule has 0 spiro atoms.